The van der Waals surface area contributed by atoms with Gasteiger partial charge >= 0.3 is 0 Å². The molecule has 160 valence electrons. The number of aliphatic hydroxyl groups is 1. The van der Waals surface area contributed by atoms with Crippen LogP contribution in [0.4, 0.5) is 11.4 Å². The standard InChI is InChI=1S/C25H21N3O4/c1-25(2)18-11-14(28(31)32)9-10-20(18)27(4)21(25)12-16-23(29)22(24(16)30)17-13-26(3)19-8-6-5-7-15(17)19/h5-13H,1-4H3/p+1. The zero-order valence-corrected chi connectivity index (χ0v) is 18.2. The van der Waals surface area contributed by atoms with E-state index in [1.54, 1.807) is 18.2 Å². The Morgan fingerprint density at radius 1 is 1.19 bits per heavy atom. The van der Waals surface area contributed by atoms with Gasteiger partial charge in [-0.3, -0.25) is 14.9 Å². The fourth-order valence-corrected chi connectivity index (χ4v) is 4.88. The van der Waals surface area contributed by atoms with Crippen molar-refractivity contribution in [2.75, 3.05) is 7.05 Å². The Morgan fingerprint density at radius 2 is 1.91 bits per heavy atom. The van der Waals surface area contributed by atoms with Gasteiger partial charge in [-0.2, -0.15) is 4.58 Å². The summed E-state index contributed by atoms with van der Waals surface area (Å²) in [5.74, 6) is -0.234. The summed E-state index contributed by atoms with van der Waals surface area (Å²) in [6.45, 7) is 3.92. The number of para-hydroxylation sites is 1. The number of ketones is 1. The van der Waals surface area contributed by atoms with Crippen LogP contribution in [0.2, 0.25) is 0 Å². The number of nitro groups is 1. The Hall–Kier alpha value is -4.00. The van der Waals surface area contributed by atoms with Crippen molar-refractivity contribution in [3.05, 3.63) is 87.3 Å². The smallest absolute Gasteiger partial charge is 0.270 e. The van der Waals surface area contributed by atoms with Crippen LogP contribution in [0.15, 0.2) is 66.1 Å². The van der Waals surface area contributed by atoms with Gasteiger partial charge in [0.25, 0.3) is 5.69 Å². The van der Waals surface area contributed by atoms with Crippen molar-refractivity contribution in [1.29, 1.82) is 0 Å². The summed E-state index contributed by atoms with van der Waals surface area (Å²) >= 11 is 0. The van der Waals surface area contributed by atoms with Crippen LogP contribution < -0.4 is 0 Å². The number of aliphatic hydroxyl groups excluding tert-OH is 1. The van der Waals surface area contributed by atoms with Crippen LogP contribution >= 0.6 is 0 Å². The molecule has 1 aliphatic heterocycles. The lowest BCUT2D eigenvalue weighted by atomic mass is 9.77. The number of hydrogen-bond donors (Lipinski definition) is 1. The first kappa shape index (κ1) is 19.9. The number of carbonyl (C=O) groups is 1. The van der Waals surface area contributed by atoms with E-state index < -0.39 is 10.3 Å². The Balaban J connectivity index is 1.60. The molecule has 5 rings (SSSR count). The number of carbonyl (C=O) groups excluding carboxylic acids is 1. The summed E-state index contributed by atoms with van der Waals surface area (Å²) in [4.78, 5) is 24.0. The number of hydrogen-bond acceptors (Lipinski definition) is 4. The van der Waals surface area contributed by atoms with Crippen molar-refractivity contribution in [3.8, 4) is 0 Å². The zero-order chi connectivity index (χ0) is 22.9. The second kappa shape index (κ2) is 6.50. The zero-order valence-electron chi connectivity index (χ0n) is 18.2. The molecule has 0 atom stereocenters. The lowest BCUT2D eigenvalue weighted by Crippen LogP contribution is -2.30. The van der Waals surface area contributed by atoms with E-state index in [4.69, 9.17) is 0 Å². The molecule has 7 heteroatoms. The number of benzene rings is 2. The number of fused-ring (bicyclic) bond motifs is 2. The van der Waals surface area contributed by atoms with Crippen LogP contribution in [0, 0.1) is 10.1 Å². The largest absolute Gasteiger partial charge is 0.506 e. The third-order valence-electron chi connectivity index (χ3n) is 6.64. The summed E-state index contributed by atoms with van der Waals surface area (Å²) in [5.41, 5.74) is 4.17. The quantitative estimate of drug-likeness (QED) is 0.286. The molecule has 2 aromatic carbocycles. The first-order chi connectivity index (χ1) is 15.1. The molecule has 1 N–H and O–H groups in total. The number of aromatic nitrogens is 1. The third-order valence-corrected chi connectivity index (χ3v) is 6.64. The summed E-state index contributed by atoms with van der Waals surface area (Å²) < 4.78 is 3.86. The van der Waals surface area contributed by atoms with Gasteiger partial charge in [-0.25, -0.2) is 0 Å². The van der Waals surface area contributed by atoms with Gasteiger partial charge in [0.2, 0.25) is 11.5 Å². The Bertz CT molecular complexity index is 1470. The van der Waals surface area contributed by atoms with E-state index in [0.717, 1.165) is 27.9 Å². The van der Waals surface area contributed by atoms with Crippen molar-refractivity contribution >= 4 is 39.3 Å². The Kier molecular flexibility index (Phi) is 4.05. The first-order valence-corrected chi connectivity index (χ1v) is 10.3. The number of nitrogens with zero attached hydrogens (tertiary/aromatic N) is 3. The average molecular weight is 428 g/mol. The lowest BCUT2D eigenvalue weighted by molar-refractivity contribution is -0.402. The van der Waals surface area contributed by atoms with Gasteiger partial charge in [0.1, 0.15) is 12.8 Å². The molecular weight excluding hydrogens is 406 g/mol. The van der Waals surface area contributed by atoms with E-state index in [-0.39, 0.29) is 22.8 Å². The lowest BCUT2D eigenvalue weighted by Gasteiger charge is -2.22. The molecule has 0 amide bonds. The van der Waals surface area contributed by atoms with Crippen molar-refractivity contribution in [1.82, 2.24) is 4.57 Å². The second-order valence-electron chi connectivity index (χ2n) is 8.81. The molecule has 0 fully saturated rings. The molecule has 3 aromatic rings. The Labute approximate surface area is 184 Å². The maximum absolute atomic E-state index is 13.1. The van der Waals surface area contributed by atoms with Gasteiger partial charge in [0.05, 0.1) is 21.5 Å². The van der Waals surface area contributed by atoms with Gasteiger partial charge in [-0.05, 0) is 19.9 Å². The number of nitro benzene ring substituents is 1. The minimum absolute atomic E-state index is 0.0232. The van der Waals surface area contributed by atoms with Gasteiger partial charge < -0.3 is 9.67 Å². The van der Waals surface area contributed by atoms with Crippen molar-refractivity contribution in [2.24, 2.45) is 7.05 Å². The molecule has 0 saturated heterocycles. The highest BCUT2D eigenvalue weighted by atomic mass is 16.6. The van der Waals surface area contributed by atoms with Crippen LogP contribution in [0.3, 0.4) is 0 Å². The molecule has 0 bridgehead atoms. The maximum atomic E-state index is 13.1. The van der Waals surface area contributed by atoms with Gasteiger partial charge in [0, 0.05) is 59.5 Å². The molecule has 32 heavy (non-hydrogen) atoms. The summed E-state index contributed by atoms with van der Waals surface area (Å²) in [5, 5.41) is 23.0. The van der Waals surface area contributed by atoms with Gasteiger partial charge in [-0.15, -0.1) is 0 Å². The summed E-state index contributed by atoms with van der Waals surface area (Å²) in [7, 11) is 3.77. The van der Waals surface area contributed by atoms with E-state index in [9.17, 15) is 20.0 Å². The van der Waals surface area contributed by atoms with Crippen molar-refractivity contribution in [3.63, 3.8) is 0 Å². The fourth-order valence-electron chi connectivity index (χ4n) is 4.88. The number of aryl methyl sites for hydroxylation is 1. The molecule has 1 aromatic heterocycles. The van der Waals surface area contributed by atoms with Crippen molar-refractivity contribution in [2.45, 2.75) is 19.3 Å². The molecule has 0 unspecified atom stereocenters. The average Bonchev–Trinajstić information content (AvgIpc) is 3.18. The molecule has 7 nitrogen and oxygen atoms in total. The second-order valence-corrected chi connectivity index (χ2v) is 8.81. The molecule has 0 spiro atoms. The molecule has 0 saturated carbocycles. The first-order valence-electron chi connectivity index (χ1n) is 10.3. The SMILES string of the molecule is Cn1cc(C2=C(O)C(=CC3=[N+](C)c4ccc([N+](=O)[O-])cc4C3(C)C)C2=O)c2ccccc21. The van der Waals surface area contributed by atoms with Crippen LogP contribution in [-0.4, -0.2) is 37.7 Å². The summed E-state index contributed by atoms with van der Waals surface area (Å²) in [6.07, 6.45) is 3.57. The number of Topliss-reactive ketones (excluding diaryl/α,β-unsaturated/α-hetero) is 1. The molecular formula is C25H22N3O4+. The van der Waals surface area contributed by atoms with Crippen LogP contribution in [0.25, 0.3) is 16.5 Å². The predicted octanol–water partition coefficient (Wildman–Crippen LogP) is 4.57. The highest BCUT2D eigenvalue weighted by Gasteiger charge is 2.46. The van der Waals surface area contributed by atoms with E-state index in [2.05, 4.69) is 0 Å². The van der Waals surface area contributed by atoms with Crippen LogP contribution in [0.5, 0.6) is 0 Å². The monoisotopic (exact) mass is 428 g/mol. The normalized spacial score (nSPS) is 18.5. The highest BCUT2D eigenvalue weighted by molar-refractivity contribution is 6.41. The van der Waals surface area contributed by atoms with Crippen molar-refractivity contribution < 1.29 is 19.4 Å². The Morgan fingerprint density at radius 3 is 2.59 bits per heavy atom. The maximum Gasteiger partial charge on any atom is 0.270 e. The van der Waals surface area contributed by atoms with Gasteiger partial charge in [-0.1, -0.05) is 18.2 Å². The predicted molar refractivity (Wildman–Crippen MR) is 123 cm³/mol. The number of non-ortho nitro benzene ring substituents is 1. The van der Waals surface area contributed by atoms with E-state index in [0.29, 0.717) is 11.1 Å². The minimum Gasteiger partial charge on any atom is -0.506 e. The number of allylic oxidation sites excluding steroid dienone is 3. The van der Waals surface area contributed by atoms with Crippen LogP contribution in [-0.2, 0) is 17.3 Å². The number of rotatable bonds is 3. The highest BCUT2D eigenvalue weighted by Crippen LogP contribution is 2.44. The molecule has 2 heterocycles. The van der Waals surface area contributed by atoms with Crippen LogP contribution in [0.1, 0.15) is 25.0 Å². The summed E-state index contributed by atoms with van der Waals surface area (Å²) in [6, 6.07) is 12.5. The fraction of sp³-hybridized carbons (Fsp3) is 0.200. The minimum atomic E-state index is -0.571. The third kappa shape index (κ3) is 2.54. The topological polar surface area (TPSA) is 88.4 Å². The van der Waals surface area contributed by atoms with E-state index >= 15 is 0 Å². The molecule has 2 aliphatic rings. The van der Waals surface area contributed by atoms with E-state index in [1.165, 1.54) is 6.07 Å². The van der Waals surface area contributed by atoms with Gasteiger partial charge in [0.15, 0.2) is 5.71 Å². The molecule has 0 radical (unpaired) electrons. The van der Waals surface area contributed by atoms with E-state index in [1.807, 2.05) is 67.5 Å². The molecule has 1 aliphatic carbocycles.